The highest BCUT2D eigenvalue weighted by Gasteiger charge is 2.47. The van der Waals surface area contributed by atoms with Crippen LogP contribution in [-0.4, -0.2) is 66.0 Å². The Morgan fingerprint density at radius 2 is 2.06 bits per heavy atom. The van der Waals surface area contributed by atoms with Crippen LogP contribution in [0.2, 0.25) is 5.02 Å². The Morgan fingerprint density at radius 1 is 1.22 bits per heavy atom. The number of aliphatic hydroxyl groups is 2. The van der Waals surface area contributed by atoms with Gasteiger partial charge in [0.1, 0.15) is 12.2 Å². The Labute approximate surface area is 218 Å². The Balaban J connectivity index is 1.58. The average molecular weight is 575 g/mol. The van der Waals surface area contributed by atoms with Crippen molar-refractivity contribution in [1.29, 1.82) is 0 Å². The summed E-state index contributed by atoms with van der Waals surface area (Å²) in [6.45, 7) is 0.450. The number of ether oxygens (including phenoxy) is 1. The number of hydrogen-bond acceptors (Lipinski definition) is 9. The molecule has 1 fully saturated rings. The number of imidazole rings is 1. The van der Waals surface area contributed by atoms with Crippen molar-refractivity contribution in [3.05, 3.63) is 64.1 Å². The van der Waals surface area contributed by atoms with Gasteiger partial charge in [-0.1, -0.05) is 39.7 Å². The molecular weight excluding hydrogens is 554 g/mol. The maximum Gasteiger partial charge on any atom is 0.251 e. The van der Waals surface area contributed by atoms with Gasteiger partial charge in [0.05, 0.1) is 11.3 Å². The number of nitrogens with one attached hydrogen (secondary N) is 2. The fraction of sp³-hybridized carbons (Fsp3) is 0.261. The van der Waals surface area contributed by atoms with Crippen LogP contribution in [0.25, 0.3) is 22.6 Å². The molecule has 11 nitrogen and oxygen atoms in total. The number of amides is 1. The van der Waals surface area contributed by atoms with E-state index < -0.39 is 30.4 Å². The third kappa shape index (κ3) is 4.65. The normalized spacial score (nSPS) is 21.6. The predicted octanol–water partition coefficient (Wildman–Crippen LogP) is 2.28. The van der Waals surface area contributed by atoms with E-state index in [4.69, 9.17) is 16.3 Å². The second-order valence-electron chi connectivity index (χ2n) is 8.14. The van der Waals surface area contributed by atoms with E-state index in [2.05, 4.69) is 46.5 Å². The fourth-order valence-electron chi connectivity index (χ4n) is 3.97. The van der Waals surface area contributed by atoms with Gasteiger partial charge in [0.2, 0.25) is 0 Å². The Bertz CT molecular complexity index is 1430. The molecular formula is C23H21BrClN7O4. The molecule has 1 amide bonds. The number of fused-ring (bicyclic) bond motifs is 1. The summed E-state index contributed by atoms with van der Waals surface area (Å²) in [6.07, 6.45) is -0.669. The first kappa shape index (κ1) is 24.5. The molecule has 1 aromatic carbocycles. The molecule has 1 saturated heterocycles. The van der Waals surface area contributed by atoms with Gasteiger partial charge < -0.3 is 25.6 Å². The number of halogens is 2. The first-order valence-electron chi connectivity index (χ1n) is 10.9. The van der Waals surface area contributed by atoms with Crippen LogP contribution < -0.4 is 10.6 Å². The standard InChI is InChI=1S/C23H21BrClN7O4/c1-26-22(35)18-16(33)17(34)23(36-18)32-10-29-15-20(28-7-11-3-2-4-13(24)5-11)30-19(31-21(15)32)12-6-14(25)9-27-8-12/h2-6,8-10,16-18,23,33-34H,7H2,1H3,(H,26,35)(H,28,30,31). The SMILES string of the molecule is CNC(=O)C1OC(n2cnc3c(NCc4cccc(Br)c4)nc(-c4cncc(Cl)c4)nc32)C(O)C1O. The molecule has 0 saturated carbocycles. The van der Waals surface area contributed by atoms with Crippen molar-refractivity contribution in [3.8, 4) is 11.4 Å². The summed E-state index contributed by atoms with van der Waals surface area (Å²) >= 11 is 9.62. The second-order valence-corrected chi connectivity index (χ2v) is 9.49. The molecule has 5 rings (SSSR count). The Kier molecular flexibility index (Phi) is 6.86. The minimum absolute atomic E-state index is 0.312. The lowest BCUT2D eigenvalue weighted by atomic mass is 10.1. The van der Waals surface area contributed by atoms with E-state index in [1.807, 2.05) is 24.3 Å². The van der Waals surface area contributed by atoms with Gasteiger partial charge in [-0.25, -0.2) is 15.0 Å². The van der Waals surface area contributed by atoms with Crippen molar-refractivity contribution in [2.45, 2.75) is 31.1 Å². The van der Waals surface area contributed by atoms with Crippen molar-refractivity contribution in [2.75, 3.05) is 12.4 Å². The van der Waals surface area contributed by atoms with Gasteiger partial charge in [0.15, 0.2) is 35.1 Å². The van der Waals surface area contributed by atoms with Crippen molar-refractivity contribution in [1.82, 2.24) is 29.8 Å². The van der Waals surface area contributed by atoms with Crippen LogP contribution in [0.3, 0.4) is 0 Å². The zero-order valence-corrected chi connectivity index (χ0v) is 21.2. The van der Waals surface area contributed by atoms with Gasteiger partial charge in [0.25, 0.3) is 5.91 Å². The van der Waals surface area contributed by atoms with E-state index in [-0.39, 0.29) is 0 Å². The largest absolute Gasteiger partial charge is 0.387 e. The molecule has 4 unspecified atom stereocenters. The molecule has 186 valence electrons. The van der Waals surface area contributed by atoms with E-state index >= 15 is 0 Å². The third-order valence-corrected chi connectivity index (χ3v) is 6.45. The van der Waals surface area contributed by atoms with Crippen LogP contribution in [0.1, 0.15) is 11.8 Å². The Morgan fingerprint density at radius 3 is 2.81 bits per heavy atom. The molecule has 1 aliphatic rings. The number of hydrogen-bond donors (Lipinski definition) is 4. The molecule has 0 radical (unpaired) electrons. The van der Waals surface area contributed by atoms with Gasteiger partial charge in [-0.05, 0) is 23.8 Å². The highest BCUT2D eigenvalue weighted by molar-refractivity contribution is 9.10. The molecule has 4 aromatic rings. The van der Waals surface area contributed by atoms with Crippen LogP contribution in [0, 0.1) is 0 Å². The van der Waals surface area contributed by atoms with Gasteiger partial charge >= 0.3 is 0 Å². The highest BCUT2D eigenvalue weighted by atomic mass is 79.9. The molecule has 0 aliphatic carbocycles. The average Bonchev–Trinajstić information content (AvgIpc) is 3.43. The number of benzene rings is 1. The number of likely N-dealkylation sites (N-methyl/N-ethyl adjacent to an activating group) is 1. The summed E-state index contributed by atoms with van der Waals surface area (Å²) in [4.78, 5) is 30.0. The highest BCUT2D eigenvalue weighted by Crippen LogP contribution is 2.34. The number of carbonyl (C=O) groups is 1. The Hall–Kier alpha value is -3.16. The zero-order valence-electron chi connectivity index (χ0n) is 18.8. The summed E-state index contributed by atoms with van der Waals surface area (Å²) in [6, 6.07) is 9.50. The second kappa shape index (κ2) is 10.1. The monoisotopic (exact) mass is 573 g/mol. The number of aliphatic hydroxyl groups excluding tert-OH is 2. The molecule has 0 spiro atoms. The molecule has 0 bridgehead atoms. The lowest BCUT2D eigenvalue weighted by Crippen LogP contribution is -2.41. The smallest absolute Gasteiger partial charge is 0.251 e. The van der Waals surface area contributed by atoms with E-state index in [1.54, 1.807) is 12.3 Å². The number of anilines is 1. The number of nitrogens with zero attached hydrogens (tertiary/aromatic N) is 5. The molecule has 13 heteroatoms. The predicted molar refractivity (Wildman–Crippen MR) is 135 cm³/mol. The zero-order chi connectivity index (χ0) is 25.4. The van der Waals surface area contributed by atoms with Crippen molar-refractivity contribution in [3.63, 3.8) is 0 Å². The summed E-state index contributed by atoms with van der Waals surface area (Å²) in [5.41, 5.74) is 2.31. The molecule has 4 heterocycles. The van der Waals surface area contributed by atoms with E-state index in [0.29, 0.717) is 39.9 Å². The maximum absolute atomic E-state index is 12.1. The number of rotatable bonds is 6. The first-order chi connectivity index (χ1) is 17.4. The number of carbonyl (C=O) groups excluding carboxylic acids is 1. The van der Waals surface area contributed by atoms with Crippen LogP contribution in [0.5, 0.6) is 0 Å². The van der Waals surface area contributed by atoms with Gasteiger partial charge in [0, 0.05) is 36.0 Å². The minimum Gasteiger partial charge on any atom is -0.387 e. The van der Waals surface area contributed by atoms with Gasteiger partial charge in [-0.15, -0.1) is 0 Å². The van der Waals surface area contributed by atoms with E-state index in [1.165, 1.54) is 24.1 Å². The van der Waals surface area contributed by atoms with Crippen LogP contribution in [0.15, 0.2) is 53.5 Å². The number of aromatic nitrogens is 5. The lowest BCUT2D eigenvalue weighted by Gasteiger charge is -2.17. The third-order valence-electron chi connectivity index (χ3n) is 5.75. The van der Waals surface area contributed by atoms with Crippen LogP contribution in [0.4, 0.5) is 5.82 Å². The summed E-state index contributed by atoms with van der Waals surface area (Å²) < 4.78 is 8.15. The first-order valence-corrected chi connectivity index (χ1v) is 12.1. The molecule has 1 aliphatic heterocycles. The maximum atomic E-state index is 12.1. The van der Waals surface area contributed by atoms with Gasteiger partial charge in [-0.3, -0.25) is 14.3 Å². The fourth-order valence-corrected chi connectivity index (χ4v) is 4.59. The summed E-state index contributed by atoms with van der Waals surface area (Å²) in [5.74, 6) is 0.196. The van der Waals surface area contributed by atoms with Crippen LogP contribution >= 0.6 is 27.5 Å². The van der Waals surface area contributed by atoms with E-state index in [9.17, 15) is 15.0 Å². The molecule has 3 aromatic heterocycles. The lowest BCUT2D eigenvalue weighted by molar-refractivity contribution is -0.137. The molecule has 4 atom stereocenters. The quantitative estimate of drug-likeness (QED) is 0.272. The van der Waals surface area contributed by atoms with Gasteiger partial charge in [-0.2, -0.15) is 0 Å². The molecule has 4 N–H and O–H groups in total. The van der Waals surface area contributed by atoms with Crippen molar-refractivity contribution < 1.29 is 19.7 Å². The summed E-state index contributed by atoms with van der Waals surface area (Å²) in [5, 5.41) is 27.2. The van der Waals surface area contributed by atoms with Crippen molar-refractivity contribution >= 4 is 50.4 Å². The summed E-state index contributed by atoms with van der Waals surface area (Å²) in [7, 11) is 1.42. The van der Waals surface area contributed by atoms with Crippen molar-refractivity contribution in [2.24, 2.45) is 0 Å². The topological polar surface area (TPSA) is 147 Å². The van der Waals surface area contributed by atoms with E-state index in [0.717, 1.165) is 10.0 Å². The number of pyridine rings is 1. The molecule has 36 heavy (non-hydrogen) atoms. The van der Waals surface area contributed by atoms with Crippen LogP contribution in [-0.2, 0) is 16.1 Å². The minimum atomic E-state index is -1.43.